The molecule has 0 atom stereocenters. The Morgan fingerprint density at radius 3 is 2.32 bits per heavy atom. The van der Waals surface area contributed by atoms with Gasteiger partial charge in [0.25, 0.3) is 0 Å². The van der Waals surface area contributed by atoms with Gasteiger partial charge in [-0.05, 0) is 32.6 Å². The minimum atomic E-state index is -1.17. The van der Waals surface area contributed by atoms with E-state index in [-0.39, 0.29) is 6.42 Å². The van der Waals surface area contributed by atoms with E-state index in [0.29, 0.717) is 12.5 Å². The minimum absolute atomic E-state index is 0.217. The molecule has 0 aliphatic heterocycles. The van der Waals surface area contributed by atoms with Crippen LogP contribution in [-0.4, -0.2) is 41.5 Å². The molecule has 1 aliphatic rings. The van der Waals surface area contributed by atoms with Gasteiger partial charge in [-0.15, -0.1) is 0 Å². The third-order valence-electron chi connectivity index (χ3n) is 3.53. The molecular formula is C13H22N2O4. The number of carbonyl (C=O) groups excluding carboxylic acids is 2. The first-order valence-electron chi connectivity index (χ1n) is 6.50. The Bertz CT molecular complexity index is 375. The molecule has 0 aromatic carbocycles. The van der Waals surface area contributed by atoms with Gasteiger partial charge >= 0.3 is 12.0 Å². The second-order valence-electron chi connectivity index (χ2n) is 5.90. The molecule has 2 N–H and O–H groups in total. The predicted octanol–water partition coefficient (Wildman–Crippen LogP) is 1.46. The Morgan fingerprint density at radius 1 is 1.32 bits per heavy atom. The number of rotatable bonds is 5. The van der Waals surface area contributed by atoms with Gasteiger partial charge in [0.05, 0.1) is 5.41 Å². The first-order valence-corrected chi connectivity index (χ1v) is 6.50. The molecule has 6 heteroatoms. The Kier molecular flexibility index (Phi) is 4.91. The lowest BCUT2D eigenvalue weighted by atomic mass is 9.85. The smallest absolute Gasteiger partial charge is 0.323 e. The molecule has 0 radical (unpaired) electrons. The lowest BCUT2D eigenvalue weighted by molar-refractivity contribution is -0.149. The van der Waals surface area contributed by atoms with Crippen LogP contribution in [0.5, 0.6) is 0 Å². The molecule has 0 bridgehead atoms. The van der Waals surface area contributed by atoms with Crippen molar-refractivity contribution in [3.05, 3.63) is 0 Å². The SMILES string of the molecule is CN(CC1CCC1)C(=O)NC(=O)CC(C)(C)C(=O)O. The summed E-state index contributed by atoms with van der Waals surface area (Å²) >= 11 is 0. The van der Waals surface area contributed by atoms with E-state index in [4.69, 9.17) is 5.11 Å². The average molecular weight is 270 g/mol. The van der Waals surface area contributed by atoms with Crippen molar-refractivity contribution in [1.29, 1.82) is 0 Å². The van der Waals surface area contributed by atoms with Crippen molar-refractivity contribution in [3.8, 4) is 0 Å². The van der Waals surface area contributed by atoms with Gasteiger partial charge in [-0.3, -0.25) is 14.9 Å². The Labute approximate surface area is 113 Å². The van der Waals surface area contributed by atoms with Crippen molar-refractivity contribution < 1.29 is 19.5 Å². The van der Waals surface area contributed by atoms with Gasteiger partial charge in [-0.2, -0.15) is 0 Å². The van der Waals surface area contributed by atoms with Gasteiger partial charge in [0.1, 0.15) is 0 Å². The number of carboxylic acids is 1. The van der Waals surface area contributed by atoms with E-state index in [9.17, 15) is 14.4 Å². The number of carbonyl (C=O) groups is 3. The number of imide groups is 1. The molecule has 0 aromatic heterocycles. The molecule has 6 nitrogen and oxygen atoms in total. The standard InChI is InChI=1S/C13H22N2O4/c1-13(2,11(17)18)7-10(16)14-12(19)15(3)8-9-5-4-6-9/h9H,4-8H2,1-3H3,(H,17,18)(H,14,16,19). The Hall–Kier alpha value is -1.59. The highest BCUT2D eigenvalue weighted by atomic mass is 16.4. The highest BCUT2D eigenvalue weighted by Gasteiger charge is 2.31. The molecule has 1 saturated carbocycles. The van der Waals surface area contributed by atoms with Crippen LogP contribution in [0.3, 0.4) is 0 Å². The molecule has 108 valence electrons. The zero-order valence-electron chi connectivity index (χ0n) is 11.7. The number of amides is 3. The van der Waals surface area contributed by atoms with Gasteiger partial charge in [-0.25, -0.2) is 4.79 Å². The fourth-order valence-electron chi connectivity index (χ4n) is 1.88. The molecule has 1 fully saturated rings. The molecule has 0 saturated heterocycles. The van der Waals surface area contributed by atoms with E-state index in [1.54, 1.807) is 7.05 Å². The zero-order valence-corrected chi connectivity index (χ0v) is 11.7. The van der Waals surface area contributed by atoms with Crippen molar-refractivity contribution in [3.63, 3.8) is 0 Å². The van der Waals surface area contributed by atoms with Gasteiger partial charge < -0.3 is 10.0 Å². The third-order valence-corrected chi connectivity index (χ3v) is 3.53. The summed E-state index contributed by atoms with van der Waals surface area (Å²) in [7, 11) is 1.64. The highest BCUT2D eigenvalue weighted by molar-refractivity contribution is 5.96. The molecule has 19 heavy (non-hydrogen) atoms. The molecule has 0 heterocycles. The van der Waals surface area contributed by atoms with Crippen LogP contribution >= 0.6 is 0 Å². The fourth-order valence-corrected chi connectivity index (χ4v) is 1.88. The van der Waals surface area contributed by atoms with Crippen molar-refractivity contribution in [2.75, 3.05) is 13.6 Å². The van der Waals surface area contributed by atoms with Crippen molar-refractivity contribution in [2.45, 2.75) is 39.5 Å². The number of hydrogen-bond donors (Lipinski definition) is 2. The maximum absolute atomic E-state index is 11.7. The van der Waals surface area contributed by atoms with Crippen molar-refractivity contribution in [1.82, 2.24) is 10.2 Å². The van der Waals surface area contributed by atoms with E-state index in [1.807, 2.05) is 0 Å². The quantitative estimate of drug-likeness (QED) is 0.791. The number of carboxylic acid groups (broad SMARTS) is 1. The normalized spacial score (nSPS) is 15.5. The van der Waals surface area contributed by atoms with E-state index in [1.165, 1.54) is 25.2 Å². The van der Waals surface area contributed by atoms with Gasteiger partial charge in [0, 0.05) is 20.0 Å². The molecule has 3 amide bonds. The van der Waals surface area contributed by atoms with Gasteiger partial charge in [0.15, 0.2) is 0 Å². The summed E-state index contributed by atoms with van der Waals surface area (Å²) in [5.74, 6) is -1.09. The molecule has 1 rings (SSSR count). The molecule has 0 unspecified atom stereocenters. The molecule has 0 aromatic rings. The van der Waals surface area contributed by atoms with Crippen molar-refractivity contribution in [2.24, 2.45) is 11.3 Å². The Morgan fingerprint density at radius 2 is 1.89 bits per heavy atom. The summed E-state index contributed by atoms with van der Waals surface area (Å²) in [5, 5.41) is 11.1. The first kappa shape index (κ1) is 15.5. The summed E-state index contributed by atoms with van der Waals surface area (Å²) in [6, 6.07) is -0.460. The van der Waals surface area contributed by atoms with Crippen LogP contribution in [0.2, 0.25) is 0 Å². The first-order chi connectivity index (χ1) is 8.72. The number of nitrogens with zero attached hydrogens (tertiary/aromatic N) is 1. The van der Waals surface area contributed by atoms with Crippen LogP contribution in [0.1, 0.15) is 39.5 Å². The lowest BCUT2D eigenvalue weighted by Crippen LogP contribution is -2.45. The molecule has 1 aliphatic carbocycles. The van der Waals surface area contributed by atoms with Crippen LogP contribution in [0.25, 0.3) is 0 Å². The van der Waals surface area contributed by atoms with E-state index < -0.39 is 23.3 Å². The summed E-state index contributed by atoms with van der Waals surface area (Å²) in [5.41, 5.74) is -1.17. The number of hydrogen-bond acceptors (Lipinski definition) is 3. The predicted molar refractivity (Wildman–Crippen MR) is 69.5 cm³/mol. The Balaban J connectivity index is 2.38. The maximum Gasteiger partial charge on any atom is 0.323 e. The fraction of sp³-hybridized carbons (Fsp3) is 0.769. The summed E-state index contributed by atoms with van der Waals surface area (Å²) in [6.07, 6.45) is 3.23. The second kappa shape index (κ2) is 6.04. The van der Waals surface area contributed by atoms with Gasteiger partial charge in [0.2, 0.25) is 5.91 Å². The van der Waals surface area contributed by atoms with Crippen LogP contribution in [-0.2, 0) is 9.59 Å². The molecule has 0 spiro atoms. The maximum atomic E-state index is 11.7. The molecular weight excluding hydrogens is 248 g/mol. The summed E-state index contributed by atoms with van der Waals surface area (Å²) in [4.78, 5) is 35.7. The number of urea groups is 1. The van der Waals surface area contributed by atoms with Crippen LogP contribution < -0.4 is 5.32 Å². The lowest BCUT2D eigenvalue weighted by Gasteiger charge is -2.30. The number of aliphatic carboxylic acids is 1. The van der Waals surface area contributed by atoms with Gasteiger partial charge in [-0.1, -0.05) is 6.42 Å². The average Bonchev–Trinajstić information content (AvgIpc) is 2.21. The van der Waals surface area contributed by atoms with Crippen molar-refractivity contribution >= 4 is 17.9 Å². The topological polar surface area (TPSA) is 86.7 Å². The second-order valence-corrected chi connectivity index (χ2v) is 5.90. The van der Waals surface area contributed by atoms with Crippen LogP contribution in [0.4, 0.5) is 4.79 Å². The third kappa shape index (κ3) is 4.54. The monoisotopic (exact) mass is 270 g/mol. The van der Waals surface area contributed by atoms with Crippen LogP contribution in [0, 0.1) is 11.3 Å². The minimum Gasteiger partial charge on any atom is -0.481 e. The van der Waals surface area contributed by atoms with E-state index in [2.05, 4.69) is 5.32 Å². The highest BCUT2D eigenvalue weighted by Crippen LogP contribution is 2.26. The summed E-state index contributed by atoms with van der Waals surface area (Å²) in [6.45, 7) is 3.55. The van der Waals surface area contributed by atoms with E-state index in [0.717, 1.165) is 12.8 Å². The van der Waals surface area contributed by atoms with E-state index >= 15 is 0 Å². The summed E-state index contributed by atoms with van der Waals surface area (Å²) < 4.78 is 0. The largest absolute Gasteiger partial charge is 0.481 e. The number of nitrogens with one attached hydrogen (secondary N) is 1. The van der Waals surface area contributed by atoms with Crippen LogP contribution in [0.15, 0.2) is 0 Å². The zero-order chi connectivity index (χ0) is 14.6.